The zero-order chi connectivity index (χ0) is 8.97. The van der Waals surface area contributed by atoms with Crippen molar-refractivity contribution >= 4 is 6.29 Å². The third-order valence-electron chi connectivity index (χ3n) is 1.49. The van der Waals surface area contributed by atoms with Crippen molar-refractivity contribution in [2.75, 3.05) is 0 Å². The minimum absolute atomic E-state index is 0.543. The van der Waals surface area contributed by atoms with E-state index in [1.54, 1.807) is 18.2 Å². The molecule has 0 bridgehead atoms. The molecule has 1 nitrogen and oxygen atoms in total. The Morgan fingerprint density at radius 3 is 2.33 bits per heavy atom. The Morgan fingerprint density at radius 2 is 1.83 bits per heavy atom. The highest BCUT2D eigenvalue weighted by Crippen LogP contribution is 2.08. The molecule has 1 aromatic rings. The minimum Gasteiger partial charge on any atom is -0.298 e. The highest BCUT2D eigenvalue weighted by Gasteiger charge is 1.97. The minimum atomic E-state index is 0.543. The molecule has 0 atom stereocenters. The van der Waals surface area contributed by atoms with Gasteiger partial charge in [0.2, 0.25) is 0 Å². The summed E-state index contributed by atoms with van der Waals surface area (Å²) >= 11 is 0. The van der Waals surface area contributed by atoms with Crippen LogP contribution in [-0.2, 0) is 0 Å². The van der Waals surface area contributed by atoms with E-state index in [9.17, 15) is 4.79 Å². The van der Waals surface area contributed by atoms with Crippen LogP contribution in [0.1, 0.15) is 21.5 Å². The third-order valence-corrected chi connectivity index (χ3v) is 1.49. The Labute approximate surface area is 71.4 Å². The van der Waals surface area contributed by atoms with Crippen LogP contribution < -0.4 is 0 Å². The summed E-state index contributed by atoms with van der Waals surface area (Å²) < 4.78 is 0. The van der Waals surface area contributed by atoms with E-state index in [0.29, 0.717) is 16.7 Å². The smallest absolute Gasteiger partial charge is 0.150 e. The van der Waals surface area contributed by atoms with Crippen LogP contribution >= 0.6 is 0 Å². The third kappa shape index (κ3) is 1.36. The van der Waals surface area contributed by atoms with Gasteiger partial charge in [-0.25, -0.2) is 0 Å². The fraction of sp³-hybridized carbons (Fsp3) is 0. The maximum absolute atomic E-state index is 10.4. The van der Waals surface area contributed by atoms with Crippen molar-refractivity contribution in [1.82, 2.24) is 0 Å². The highest BCUT2D eigenvalue weighted by molar-refractivity contribution is 5.76. The van der Waals surface area contributed by atoms with Crippen LogP contribution in [0.5, 0.6) is 0 Å². The summed E-state index contributed by atoms with van der Waals surface area (Å²) in [7, 11) is 0. The molecule has 0 aliphatic heterocycles. The van der Waals surface area contributed by atoms with Crippen molar-refractivity contribution < 1.29 is 4.79 Å². The number of hydrogen-bond donors (Lipinski definition) is 0. The van der Waals surface area contributed by atoms with Crippen LogP contribution in [0.3, 0.4) is 0 Å². The van der Waals surface area contributed by atoms with E-state index < -0.39 is 0 Å². The number of rotatable bonds is 1. The Hall–Kier alpha value is -1.99. The lowest BCUT2D eigenvalue weighted by molar-refractivity contribution is 0.112. The Kier molecular flexibility index (Phi) is 2.31. The number of aldehydes is 1. The number of benzene rings is 1. The zero-order valence-corrected chi connectivity index (χ0v) is 6.37. The number of carbonyl (C=O) groups is 1. The summed E-state index contributed by atoms with van der Waals surface area (Å²) in [4.78, 5) is 10.4. The lowest BCUT2D eigenvalue weighted by Gasteiger charge is -1.96. The van der Waals surface area contributed by atoms with E-state index in [0.717, 1.165) is 6.29 Å². The zero-order valence-electron chi connectivity index (χ0n) is 6.37. The van der Waals surface area contributed by atoms with Crippen LogP contribution in [-0.4, -0.2) is 6.29 Å². The largest absolute Gasteiger partial charge is 0.298 e. The molecule has 0 saturated carbocycles. The molecule has 0 heterocycles. The lowest BCUT2D eigenvalue weighted by atomic mass is 10.1. The molecule has 0 fully saturated rings. The summed E-state index contributed by atoms with van der Waals surface area (Å²) in [6, 6.07) is 4.91. The second-order valence-electron chi connectivity index (χ2n) is 2.21. The molecule has 0 aromatic heterocycles. The molecule has 1 heteroatoms. The second-order valence-corrected chi connectivity index (χ2v) is 2.21. The van der Waals surface area contributed by atoms with Crippen molar-refractivity contribution in [2.45, 2.75) is 0 Å². The van der Waals surface area contributed by atoms with Gasteiger partial charge < -0.3 is 0 Å². The van der Waals surface area contributed by atoms with Gasteiger partial charge in [-0.05, 0) is 12.1 Å². The van der Waals surface area contributed by atoms with Crippen LogP contribution in [0.4, 0.5) is 0 Å². The molecule has 0 N–H and O–H groups in total. The first-order valence-corrected chi connectivity index (χ1v) is 3.34. The molecule has 0 amide bonds. The van der Waals surface area contributed by atoms with E-state index in [1.807, 2.05) is 0 Å². The molecule has 0 saturated heterocycles. The van der Waals surface area contributed by atoms with Crippen molar-refractivity contribution in [3.05, 3.63) is 34.9 Å². The van der Waals surface area contributed by atoms with Crippen LogP contribution in [0, 0.1) is 24.7 Å². The first-order chi connectivity index (χ1) is 5.81. The summed E-state index contributed by atoms with van der Waals surface area (Å²) in [6.45, 7) is 0. The summed E-state index contributed by atoms with van der Waals surface area (Å²) in [5.41, 5.74) is 1.77. The normalized spacial score (nSPS) is 8.17. The van der Waals surface area contributed by atoms with Gasteiger partial charge in [0, 0.05) is 16.7 Å². The number of carbonyl (C=O) groups excluding carboxylic acids is 1. The van der Waals surface area contributed by atoms with E-state index in [2.05, 4.69) is 11.8 Å². The second kappa shape index (κ2) is 3.42. The van der Waals surface area contributed by atoms with Gasteiger partial charge in [0.15, 0.2) is 0 Å². The first kappa shape index (κ1) is 8.11. The van der Waals surface area contributed by atoms with Crippen LogP contribution in [0.15, 0.2) is 18.2 Å². The Balaban J connectivity index is 3.34. The average Bonchev–Trinajstić information content (AvgIpc) is 2.16. The molecular weight excluding hydrogens is 148 g/mol. The predicted octanol–water partition coefficient (Wildman–Crippen LogP) is 1.46. The molecule has 12 heavy (non-hydrogen) atoms. The Bertz CT molecular complexity index is 388. The predicted molar refractivity (Wildman–Crippen MR) is 47.7 cm³/mol. The van der Waals surface area contributed by atoms with E-state index in [4.69, 9.17) is 12.8 Å². The van der Waals surface area contributed by atoms with Crippen LogP contribution in [0.2, 0.25) is 0 Å². The fourth-order valence-corrected chi connectivity index (χ4v) is 0.880. The molecule has 0 aliphatic carbocycles. The van der Waals surface area contributed by atoms with Crippen molar-refractivity contribution in [2.24, 2.45) is 0 Å². The van der Waals surface area contributed by atoms with Gasteiger partial charge in [0.1, 0.15) is 6.29 Å². The quantitative estimate of drug-likeness (QED) is 0.442. The summed E-state index contributed by atoms with van der Waals surface area (Å²) in [5, 5.41) is 0. The maximum atomic E-state index is 10.4. The molecule has 0 radical (unpaired) electrons. The lowest BCUT2D eigenvalue weighted by Crippen LogP contribution is -1.86. The molecule has 0 spiro atoms. The van der Waals surface area contributed by atoms with E-state index in [1.165, 1.54) is 0 Å². The SMILES string of the molecule is C#Cc1ccc(C=O)cc1C#C. The van der Waals surface area contributed by atoms with Crippen molar-refractivity contribution in [3.63, 3.8) is 0 Å². The highest BCUT2D eigenvalue weighted by atomic mass is 16.1. The van der Waals surface area contributed by atoms with Crippen molar-refractivity contribution in [3.8, 4) is 24.7 Å². The molecular formula is C11H6O. The standard InChI is InChI=1S/C11H6O/c1-3-10-6-5-9(8-12)7-11(10)4-2/h1-2,5-8H. The maximum Gasteiger partial charge on any atom is 0.150 e. The summed E-state index contributed by atoms with van der Waals surface area (Å²) in [5.74, 6) is 4.86. The van der Waals surface area contributed by atoms with Gasteiger partial charge in [0.25, 0.3) is 0 Å². The van der Waals surface area contributed by atoms with Gasteiger partial charge >= 0.3 is 0 Å². The van der Waals surface area contributed by atoms with Crippen molar-refractivity contribution in [1.29, 1.82) is 0 Å². The van der Waals surface area contributed by atoms with E-state index >= 15 is 0 Å². The number of terminal acetylenes is 2. The monoisotopic (exact) mass is 154 g/mol. The fourth-order valence-electron chi connectivity index (χ4n) is 0.880. The molecule has 0 unspecified atom stereocenters. The number of hydrogen-bond acceptors (Lipinski definition) is 1. The van der Waals surface area contributed by atoms with Crippen LogP contribution in [0.25, 0.3) is 0 Å². The van der Waals surface area contributed by atoms with Gasteiger partial charge in [-0.2, -0.15) is 0 Å². The molecule has 0 aliphatic rings. The average molecular weight is 154 g/mol. The van der Waals surface area contributed by atoms with Gasteiger partial charge in [-0.3, -0.25) is 4.79 Å². The molecule has 56 valence electrons. The molecule has 1 aromatic carbocycles. The Morgan fingerprint density at radius 1 is 1.17 bits per heavy atom. The molecule has 1 rings (SSSR count). The summed E-state index contributed by atoms with van der Waals surface area (Å²) in [6.07, 6.45) is 11.1. The topological polar surface area (TPSA) is 17.1 Å². The van der Waals surface area contributed by atoms with E-state index in [-0.39, 0.29) is 0 Å². The van der Waals surface area contributed by atoms with Gasteiger partial charge in [0.05, 0.1) is 0 Å². The van der Waals surface area contributed by atoms with Gasteiger partial charge in [-0.1, -0.05) is 17.9 Å². The first-order valence-electron chi connectivity index (χ1n) is 3.34. The van der Waals surface area contributed by atoms with Gasteiger partial charge in [-0.15, -0.1) is 12.8 Å².